The molecule has 0 saturated heterocycles. The maximum atomic E-state index is 12.0. The third kappa shape index (κ3) is 3.50. The number of hydrogen-bond acceptors (Lipinski definition) is 3. The van der Waals surface area contributed by atoms with Crippen molar-refractivity contribution in [3.63, 3.8) is 0 Å². The zero-order chi connectivity index (χ0) is 13.9. The summed E-state index contributed by atoms with van der Waals surface area (Å²) in [5.74, 6) is 0.340. The molecule has 0 N–H and O–H groups in total. The Labute approximate surface area is 117 Å². The van der Waals surface area contributed by atoms with Gasteiger partial charge >= 0.3 is 6.09 Å². The highest BCUT2D eigenvalue weighted by Crippen LogP contribution is 2.31. The Morgan fingerprint density at radius 3 is 2.50 bits per heavy atom. The van der Waals surface area contributed by atoms with Gasteiger partial charge in [0.1, 0.15) is 0 Å². The molecule has 0 unspecified atom stereocenters. The highest BCUT2D eigenvalue weighted by molar-refractivity contribution is 6.36. The number of amides is 1. The van der Waals surface area contributed by atoms with Crippen molar-refractivity contribution in [2.45, 2.75) is 33.2 Å². The Hall–Kier alpha value is -1.000. The number of aromatic nitrogens is 1. The van der Waals surface area contributed by atoms with Gasteiger partial charge in [-0.3, -0.25) is 4.90 Å². The van der Waals surface area contributed by atoms with Crippen LogP contribution in [0.25, 0.3) is 0 Å². The number of rotatable bonds is 2. The molecule has 0 saturated carbocycles. The minimum absolute atomic E-state index is 0.288. The average molecular weight is 291 g/mol. The quantitative estimate of drug-likeness (QED) is 0.822. The SMILES string of the molecule is CCOC(=O)N(c1ncc(Cl)cc1Cl)C(C)(C)C. The molecular formula is C12H16Cl2N2O2. The molecular weight excluding hydrogens is 275 g/mol. The maximum Gasteiger partial charge on any atom is 0.416 e. The summed E-state index contributed by atoms with van der Waals surface area (Å²) >= 11 is 11.9. The van der Waals surface area contributed by atoms with E-state index < -0.39 is 11.6 Å². The van der Waals surface area contributed by atoms with Gasteiger partial charge < -0.3 is 4.74 Å². The van der Waals surface area contributed by atoms with Crippen LogP contribution in [0.15, 0.2) is 12.3 Å². The van der Waals surface area contributed by atoms with Gasteiger partial charge in [0.2, 0.25) is 0 Å². The van der Waals surface area contributed by atoms with Gasteiger partial charge in [-0.15, -0.1) is 0 Å². The summed E-state index contributed by atoms with van der Waals surface area (Å²) in [7, 11) is 0. The van der Waals surface area contributed by atoms with E-state index in [1.165, 1.54) is 11.1 Å². The van der Waals surface area contributed by atoms with Gasteiger partial charge in [-0.05, 0) is 33.8 Å². The van der Waals surface area contributed by atoms with E-state index in [0.717, 1.165) is 0 Å². The smallest absolute Gasteiger partial charge is 0.416 e. The fraction of sp³-hybridized carbons (Fsp3) is 0.500. The third-order valence-corrected chi connectivity index (χ3v) is 2.61. The predicted molar refractivity (Wildman–Crippen MR) is 73.5 cm³/mol. The lowest BCUT2D eigenvalue weighted by Gasteiger charge is -2.34. The number of halogens is 2. The van der Waals surface area contributed by atoms with Gasteiger partial charge in [0.15, 0.2) is 5.82 Å². The van der Waals surface area contributed by atoms with Crippen molar-refractivity contribution in [1.29, 1.82) is 0 Å². The first-order valence-electron chi connectivity index (χ1n) is 5.55. The zero-order valence-corrected chi connectivity index (χ0v) is 12.3. The van der Waals surface area contributed by atoms with Crippen molar-refractivity contribution < 1.29 is 9.53 Å². The second-order valence-corrected chi connectivity index (χ2v) is 5.51. The Morgan fingerprint density at radius 1 is 1.44 bits per heavy atom. The van der Waals surface area contributed by atoms with Crippen LogP contribution in [-0.4, -0.2) is 23.2 Å². The molecule has 1 aromatic heterocycles. The van der Waals surface area contributed by atoms with Crippen molar-refractivity contribution in [3.05, 3.63) is 22.3 Å². The lowest BCUT2D eigenvalue weighted by Crippen LogP contribution is -2.46. The first-order chi connectivity index (χ1) is 8.27. The standard InChI is InChI=1S/C12H16Cl2N2O2/c1-5-18-11(17)16(12(2,3)4)10-9(14)6-8(13)7-15-10/h6-7H,5H2,1-4H3. The van der Waals surface area contributed by atoms with E-state index in [0.29, 0.717) is 15.9 Å². The van der Waals surface area contributed by atoms with Crippen molar-refractivity contribution in [2.75, 3.05) is 11.5 Å². The molecule has 6 heteroatoms. The Bertz CT molecular complexity index is 444. The first kappa shape index (κ1) is 15.1. The highest BCUT2D eigenvalue weighted by Gasteiger charge is 2.32. The van der Waals surface area contributed by atoms with Crippen molar-refractivity contribution in [1.82, 2.24) is 4.98 Å². The molecule has 18 heavy (non-hydrogen) atoms. The molecule has 1 heterocycles. The van der Waals surface area contributed by atoms with Crippen LogP contribution in [0.4, 0.5) is 10.6 Å². The summed E-state index contributed by atoms with van der Waals surface area (Å²) in [4.78, 5) is 17.5. The summed E-state index contributed by atoms with van der Waals surface area (Å²) in [6.45, 7) is 7.65. The van der Waals surface area contributed by atoms with Gasteiger partial charge in [0.25, 0.3) is 0 Å². The van der Waals surface area contributed by atoms with E-state index in [2.05, 4.69) is 4.98 Å². The lowest BCUT2D eigenvalue weighted by atomic mass is 10.1. The van der Waals surface area contributed by atoms with E-state index in [-0.39, 0.29) is 6.61 Å². The number of pyridine rings is 1. The van der Waals surface area contributed by atoms with Crippen LogP contribution >= 0.6 is 23.2 Å². The van der Waals surface area contributed by atoms with Crippen LogP contribution in [0.2, 0.25) is 10.0 Å². The summed E-state index contributed by atoms with van der Waals surface area (Å²) in [5.41, 5.74) is -0.503. The molecule has 0 fully saturated rings. The second kappa shape index (κ2) is 5.76. The molecule has 0 spiro atoms. The predicted octanol–water partition coefficient (Wildman–Crippen LogP) is 4.15. The summed E-state index contributed by atoms with van der Waals surface area (Å²) in [6.07, 6.45) is 0.961. The molecule has 0 aliphatic heterocycles. The summed E-state index contributed by atoms with van der Waals surface area (Å²) in [5, 5.41) is 0.729. The molecule has 0 aromatic carbocycles. The fourth-order valence-corrected chi connectivity index (χ4v) is 1.90. The molecule has 1 rings (SSSR count). The molecule has 1 amide bonds. The molecule has 0 radical (unpaired) electrons. The van der Waals surface area contributed by atoms with Gasteiger partial charge in [0.05, 0.1) is 16.7 Å². The summed E-state index contributed by atoms with van der Waals surface area (Å²) in [6, 6.07) is 1.55. The number of hydrogen-bond donors (Lipinski definition) is 0. The Balaban J connectivity index is 3.22. The highest BCUT2D eigenvalue weighted by atomic mass is 35.5. The number of carbonyl (C=O) groups excluding carboxylic acids is 1. The molecule has 0 bridgehead atoms. The minimum atomic E-state index is -0.503. The van der Waals surface area contributed by atoms with Crippen LogP contribution in [0.3, 0.4) is 0 Å². The third-order valence-electron chi connectivity index (χ3n) is 2.12. The molecule has 4 nitrogen and oxygen atoms in total. The number of anilines is 1. The number of nitrogens with zero attached hydrogens (tertiary/aromatic N) is 2. The normalized spacial score (nSPS) is 11.2. The van der Waals surface area contributed by atoms with Gasteiger partial charge in [-0.1, -0.05) is 23.2 Å². The topological polar surface area (TPSA) is 42.4 Å². The van der Waals surface area contributed by atoms with Crippen LogP contribution in [-0.2, 0) is 4.74 Å². The number of carbonyl (C=O) groups is 1. The van der Waals surface area contributed by atoms with Crippen LogP contribution in [0.5, 0.6) is 0 Å². The Morgan fingerprint density at radius 2 is 2.06 bits per heavy atom. The molecule has 100 valence electrons. The summed E-state index contributed by atoms with van der Waals surface area (Å²) < 4.78 is 5.03. The molecule has 0 aliphatic carbocycles. The average Bonchev–Trinajstić information content (AvgIpc) is 2.20. The second-order valence-electron chi connectivity index (χ2n) is 4.66. The lowest BCUT2D eigenvalue weighted by molar-refractivity contribution is 0.154. The van der Waals surface area contributed by atoms with Gasteiger partial charge in [-0.25, -0.2) is 9.78 Å². The minimum Gasteiger partial charge on any atom is -0.449 e. The number of ether oxygens (including phenoxy) is 1. The van der Waals surface area contributed by atoms with Gasteiger partial charge in [0, 0.05) is 11.7 Å². The molecule has 0 atom stereocenters. The van der Waals surface area contributed by atoms with Crippen LogP contribution < -0.4 is 4.90 Å². The van der Waals surface area contributed by atoms with E-state index in [1.807, 2.05) is 20.8 Å². The largest absolute Gasteiger partial charge is 0.449 e. The maximum absolute atomic E-state index is 12.0. The van der Waals surface area contributed by atoms with Crippen molar-refractivity contribution in [3.8, 4) is 0 Å². The van der Waals surface area contributed by atoms with E-state index in [9.17, 15) is 4.79 Å². The van der Waals surface area contributed by atoms with E-state index in [1.54, 1.807) is 13.0 Å². The van der Waals surface area contributed by atoms with Crippen LogP contribution in [0.1, 0.15) is 27.7 Å². The van der Waals surface area contributed by atoms with Crippen molar-refractivity contribution in [2.24, 2.45) is 0 Å². The molecule has 0 aliphatic rings. The Kier molecular flexibility index (Phi) is 4.82. The van der Waals surface area contributed by atoms with E-state index in [4.69, 9.17) is 27.9 Å². The van der Waals surface area contributed by atoms with Crippen LogP contribution in [0, 0.1) is 0 Å². The van der Waals surface area contributed by atoms with E-state index >= 15 is 0 Å². The monoisotopic (exact) mass is 290 g/mol. The first-order valence-corrected chi connectivity index (χ1v) is 6.31. The zero-order valence-electron chi connectivity index (χ0n) is 10.8. The molecule has 1 aromatic rings. The van der Waals surface area contributed by atoms with Crippen molar-refractivity contribution >= 4 is 35.1 Å². The fourth-order valence-electron chi connectivity index (χ4n) is 1.44. The van der Waals surface area contributed by atoms with Gasteiger partial charge in [-0.2, -0.15) is 0 Å².